The largest absolute Gasteiger partial charge is 0.398 e. The average molecular weight is 225 g/mol. The molecule has 0 spiro atoms. The van der Waals surface area contributed by atoms with Crippen LogP contribution in [-0.4, -0.2) is 12.5 Å². The Labute approximate surface area is 93.6 Å². The lowest BCUT2D eigenvalue weighted by Crippen LogP contribution is -2.32. The van der Waals surface area contributed by atoms with E-state index in [0.717, 1.165) is 18.5 Å². The Bertz CT molecular complexity index is 392. The summed E-state index contributed by atoms with van der Waals surface area (Å²) in [7, 11) is 0. The zero-order chi connectivity index (χ0) is 10.8. The zero-order valence-corrected chi connectivity index (χ0v) is 9.05. The minimum Gasteiger partial charge on any atom is -0.398 e. The summed E-state index contributed by atoms with van der Waals surface area (Å²) < 4.78 is 0. The van der Waals surface area contributed by atoms with Crippen molar-refractivity contribution in [2.24, 2.45) is 0 Å². The van der Waals surface area contributed by atoms with Crippen LogP contribution in [0.5, 0.6) is 0 Å². The molecule has 0 aromatic heterocycles. The third kappa shape index (κ3) is 2.23. The number of carbonyl (C=O) groups is 1. The van der Waals surface area contributed by atoms with Gasteiger partial charge < -0.3 is 11.1 Å². The van der Waals surface area contributed by atoms with Crippen molar-refractivity contribution in [3.63, 3.8) is 0 Å². The van der Waals surface area contributed by atoms with Gasteiger partial charge in [-0.3, -0.25) is 4.79 Å². The highest BCUT2D eigenvalue weighted by Gasteiger charge is 2.20. The van der Waals surface area contributed by atoms with Crippen molar-refractivity contribution >= 4 is 23.2 Å². The third-order valence-electron chi connectivity index (χ3n) is 2.74. The molecular weight excluding hydrogens is 212 g/mol. The molecule has 1 saturated heterocycles. The van der Waals surface area contributed by atoms with Gasteiger partial charge in [0.05, 0.1) is 10.7 Å². The summed E-state index contributed by atoms with van der Waals surface area (Å²) in [5.41, 5.74) is 7.32. The SMILES string of the molecule is Nc1ccc([C@H]2CCNC(=O)C2)cc1Cl. The van der Waals surface area contributed by atoms with Crippen LogP contribution in [0.25, 0.3) is 0 Å². The third-order valence-corrected chi connectivity index (χ3v) is 3.07. The van der Waals surface area contributed by atoms with Crippen LogP contribution in [0.4, 0.5) is 5.69 Å². The molecule has 1 atom stereocenters. The van der Waals surface area contributed by atoms with E-state index in [-0.39, 0.29) is 11.8 Å². The van der Waals surface area contributed by atoms with E-state index in [2.05, 4.69) is 5.32 Å². The summed E-state index contributed by atoms with van der Waals surface area (Å²) in [6.45, 7) is 0.742. The number of nitrogens with one attached hydrogen (secondary N) is 1. The van der Waals surface area contributed by atoms with E-state index >= 15 is 0 Å². The van der Waals surface area contributed by atoms with Crippen molar-refractivity contribution in [2.45, 2.75) is 18.8 Å². The highest BCUT2D eigenvalue weighted by atomic mass is 35.5. The first-order valence-electron chi connectivity index (χ1n) is 4.98. The predicted octanol–water partition coefficient (Wildman–Crippen LogP) is 1.92. The second-order valence-corrected chi connectivity index (χ2v) is 4.23. The number of hydrogen-bond donors (Lipinski definition) is 2. The first-order chi connectivity index (χ1) is 7.16. The molecule has 1 aliphatic rings. The van der Waals surface area contributed by atoms with Gasteiger partial charge in [-0.15, -0.1) is 0 Å². The van der Waals surface area contributed by atoms with E-state index in [1.807, 2.05) is 12.1 Å². The lowest BCUT2D eigenvalue weighted by Gasteiger charge is -2.22. The first kappa shape index (κ1) is 10.3. The van der Waals surface area contributed by atoms with Gasteiger partial charge in [0.1, 0.15) is 0 Å². The van der Waals surface area contributed by atoms with Gasteiger partial charge in [-0.2, -0.15) is 0 Å². The number of hydrogen-bond acceptors (Lipinski definition) is 2. The first-order valence-corrected chi connectivity index (χ1v) is 5.36. The molecule has 0 aliphatic carbocycles. The Morgan fingerprint density at radius 1 is 1.47 bits per heavy atom. The molecule has 0 saturated carbocycles. The van der Waals surface area contributed by atoms with Crippen LogP contribution in [0.1, 0.15) is 24.3 Å². The van der Waals surface area contributed by atoms with E-state index < -0.39 is 0 Å². The maximum atomic E-state index is 11.2. The Balaban J connectivity index is 2.21. The summed E-state index contributed by atoms with van der Waals surface area (Å²) in [4.78, 5) is 11.2. The van der Waals surface area contributed by atoms with E-state index in [0.29, 0.717) is 17.1 Å². The number of rotatable bonds is 1. The number of anilines is 1. The highest BCUT2D eigenvalue weighted by molar-refractivity contribution is 6.33. The molecule has 3 N–H and O–H groups in total. The molecular formula is C11H13ClN2O. The van der Waals surface area contributed by atoms with Gasteiger partial charge >= 0.3 is 0 Å². The molecule has 1 aliphatic heterocycles. The van der Waals surface area contributed by atoms with Crippen molar-refractivity contribution in [2.75, 3.05) is 12.3 Å². The molecule has 0 unspecified atom stereocenters. The monoisotopic (exact) mass is 224 g/mol. The molecule has 80 valence electrons. The Kier molecular flexibility index (Phi) is 2.82. The van der Waals surface area contributed by atoms with Gasteiger partial charge in [-0.1, -0.05) is 17.7 Å². The fourth-order valence-electron chi connectivity index (χ4n) is 1.87. The zero-order valence-electron chi connectivity index (χ0n) is 8.29. The summed E-state index contributed by atoms with van der Waals surface area (Å²) in [5.74, 6) is 0.385. The predicted molar refractivity (Wildman–Crippen MR) is 60.8 cm³/mol. The van der Waals surface area contributed by atoms with Crippen molar-refractivity contribution < 1.29 is 4.79 Å². The van der Waals surface area contributed by atoms with Crippen molar-refractivity contribution in [1.29, 1.82) is 0 Å². The van der Waals surface area contributed by atoms with E-state index in [4.69, 9.17) is 17.3 Å². The molecule has 4 heteroatoms. The van der Waals surface area contributed by atoms with Crippen LogP contribution in [0.2, 0.25) is 5.02 Å². The molecule has 1 amide bonds. The van der Waals surface area contributed by atoms with Crippen LogP contribution in [0.15, 0.2) is 18.2 Å². The lowest BCUT2D eigenvalue weighted by atomic mass is 9.90. The van der Waals surface area contributed by atoms with E-state index in [1.165, 1.54) is 0 Å². The van der Waals surface area contributed by atoms with Crippen LogP contribution >= 0.6 is 11.6 Å². The van der Waals surface area contributed by atoms with E-state index in [1.54, 1.807) is 6.07 Å². The normalized spacial score (nSPS) is 21.1. The Hall–Kier alpha value is -1.22. The fourth-order valence-corrected chi connectivity index (χ4v) is 2.05. The summed E-state index contributed by atoms with van der Waals surface area (Å²) in [5, 5.41) is 3.38. The van der Waals surface area contributed by atoms with Crippen LogP contribution in [0.3, 0.4) is 0 Å². The van der Waals surface area contributed by atoms with Gasteiger partial charge in [0.2, 0.25) is 5.91 Å². The minimum atomic E-state index is 0.110. The van der Waals surface area contributed by atoms with Gasteiger partial charge in [0, 0.05) is 13.0 Å². The number of benzene rings is 1. The van der Waals surface area contributed by atoms with Crippen molar-refractivity contribution in [3.05, 3.63) is 28.8 Å². The van der Waals surface area contributed by atoms with Crippen molar-refractivity contribution in [1.82, 2.24) is 5.32 Å². The molecule has 2 rings (SSSR count). The maximum Gasteiger partial charge on any atom is 0.220 e. The quantitative estimate of drug-likeness (QED) is 0.716. The number of amides is 1. The van der Waals surface area contributed by atoms with Gasteiger partial charge in [0.25, 0.3) is 0 Å². The molecule has 1 heterocycles. The Morgan fingerprint density at radius 3 is 2.93 bits per heavy atom. The average Bonchev–Trinajstić information content (AvgIpc) is 2.22. The number of halogens is 1. The number of nitrogen functional groups attached to an aromatic ring is 1. The molecule has 0 bridgehead atoms. The smallest absolute Gasteiger partial charge is 0.220 e. The summed E-state index contributed by atoms with van der Waals surface area (Å²) in [6, 6.07) is 5.61. The van der Waals surface area contributed by atoms with Gasteiger partial charge in [0.15, 0.2) is 0 Å². The van der Waals surface area contributed by atoms with Crippen LogP contribution in [-0.2, 0) is 4.79 Å². The maximum absolute atomic E-state index is 11.2. The topological polar surface area (TPSA) is 55.1 Å². The highest BCUT2D eigenvalue weighted by Crippen LogP contribution is 2.29. The lowest BCUT2D eigenvalue weighted by molar-refractivity contribution is -0.122. The van der Waals surface area contributed by atoms with Crippen LogP contribution in [0, 0.1) is 0 Å². The summed E-state index contributed by atoms with van der Waals surface area (Å²) >= 11 is 5.94. The molecule has 0 radical (unpaired) electrons. The number of carbonyl (C=O) groups excluding carboxylic acids is 1. The van der Waals surface area contributed by atoms with Gasteiger partial charge in [-0.25, -0.2) is 0 Å². The molecule has 3 nitrogen and oxygen atoms in total. The molecule has 1 fully saturated rings. The Morgan fingerprint density at radius 2 is 2.27 bits per heavy atom. The standard InChI is InChI=1S/C11H13ClN2O/c12-9-5-7(1-2-10(9)13)8-3-4-14-11(15)6-8/h1-2,5,8H,3-4,6,13H2,(H,14,15)/t8-/m0/s1. The van der Waals surface area contributed by atoms with Crippen molar-refractivity contribution in [3.8, 4) is 0 Å². The minimum absolute atomic E-state index is 0.110. The number of nitrogens with two attached hydrogens (primary N) is 1. The molecule has 1 aromatic rings. The molecule has 1 aromatic carbocycles. The van der Waals surface area contributed by atoms with Crippen LogP contribution < -0.4 is 11.1 Å². The molecule has 15 heavy (non-hydrogen) atoms. The van der Waals surface area contributed by atoms with Gasteiger partial charge in [-0.05, 0) is 30.0 Å². The second kappa shape index (κ2) is 4.11. The summed E-state index contributed by atoms with van der Waals surface area (Å²) in [6.07, 6.45) is 1.51. The second-order valence-electron chi connectivity index (χ2n) is 3.82. The number of piperidine rings is 1. The fraction of sp³-hybridized carbons (Fsp3) is 0.364. The van der Waals surface area contributed by atoms with E-state index in [9.17, 15) is 4.79 Å².